The highest BCUT2D eigenvalue weighted by Crippen LogP contribution is 2.17. The lowest BCUT2D eigenvalue weighted by atomic mass is 10.2. The van der Waals surface area contributed by atoms with E-state index >= 15 is 0 Å². The molecule has 20 heavy (non-hydrogen) atoms. The maximum absolute atomic E-state index is 11.9. The van der Waals surface area contributed by atoms with Crippen LogP contribution in [-0.4, -0.2) is 16.8 Å². The number of hydrogen-bond donors (Lipinski definition) is 2. The van der Waals surface area contributed by atoms with Crippen LogP contribution in [0, 0.1) is 13.8 Å². The number of hydrazine groups is 1. The number of benzene rings is 1. The van der Waals surface area contributed by atoms with Gasteiger partial charge in [-0.3, -0.25) is 20.4 Å². The number of nitrogens with one attached hydrogen (secondary N) is 2. The van der Waals surface area contributed by atoms with Gasteiger partial charge in [0.25, 0.3) is 11.8 Å². The van der Waals surface area contributed by atoms with Gasteiger partial charge in [0.15, 0.2) is 0 Å². The van der Waals surface area contributed by atoms with Crippen LogP contribution in [0.1, 0.15) is 30.7 Å². The van der Waals surface area contributed by atoms with Gasteiger partial charge in [-0.05, 0) is 41.9 Å². The highest BCUT2D eigenvalue weighted by molar-refractivity contribution is 9.10. The number of hydrogen-bond acceptors (Lipinski definition) is 4. The fourth-order valence-corrected chi connectivity index (χ4v) is 2.90. The third kappa shape index (κ3) is 3.23. The number of carbonyl (C=O) groups excluding carboxylic acids is 2. The number of aryl methyl sites for hydroxylation is 2. The average Bonchev–Trinajstić information content (AvgIpc) is 2.75. The van der Waals surface area contributed by atoms with Gasteiger partial charge in [0, 0.05) is 4.47 Å². The van der Waals surface area contributed by atoms with Crippen molar-refractivity contribution in [2.24, 2.45) is 0 Å². The lowest BCUT2D eigenvalue weighted by Gasteiger charge is -2.07. The van der Waals surface area contributed by atoms with Gasteiger partial charge in [-0.2, -0.15) is 0 Å². The summed E-state index contributed by atoms with van der Waals surface area (Å²) in [6.07, 6.45) is 0. The zero-order valence-electron chi connectivity index (χ0n) is 10.9. The summed E-state index contributed by atoms with van der Waals surface area (Å²) >= 11 is 4.57. The fourth-order valence-electron chi connectivity index (χ4n) is 1.62. The van der Waals surface area contributed by atoms with Crippen LogP contribution < -0.4 is 10.9 Å². The molecule has 5 nitrogen and oxygen atoms in total. The highest BCUT2D eigenvalue weighted by Gasteiger charge is 2.15. The number of carbonyl (C=O) groups is 2. The van der Waals surface area contributed by atoms with Crippen molar-refractivity contribution in [1.29, 1.82) is 0 Å². The van der Waals surface area contributed by atoms with Crippen molar-refractivity contribution in [3.63, 3.8) is 0 Å². The van der Waals surface area contributed by atoms with E-state index in [1.54, 1.807) is 25.1 Å². The molecule has 1 aromatic carbocycles. The van der Waals surface area contributed by atoms with E-state index in [1.165, 1.54) is 11.3 Å². The second kappa shape index (κ2) is 6.15. The van der Waals surface area contributed by atoms with Crippen LogP contribution in [0.5, 0.6) is 0 Å². The zero-order chi connectivity index (χ0) is 14.7. The molecule has 104 valence electrons. The van der Waals surface area contributed by atoms with Gasteiger partial charge < -0.3 is 0 Å². The molecule has 2 rings (SSSR count). The molecule has 0 aliphatic carbocycles. The number of nitrogens with zero attached hydrogens (tertiary/aromatic N) is 1. The van der Waals surface area contributed by atoms with E-state index in [0.29, 0.717) is 20.6 Å². The van der Waals surface area contributed by atoms with Crippen molar-refractivity contribution >= 4 is 39.1 Å². The Bertz CT molecular complexity index is 669. The molecule has 0 atom stereocenters. The number of thiazole rings is 1. The minimum Gasteiger partial charge on any atom is -0.267 e. The predicted octanol–water partition coefficient (Wildman–Crippen LogP) is 2.60. The van der Waals surface area contributed by atoms with Crippen molar-refractivity contribution in [3.8, 4) is 0 Å². The summed E-state index contributed by atoms with van der Waals surface area (Å²) in [4.78, 5) is 28.5. The molecule has 0 saturated heterocycles. The first-order chi connectivity index (χ1) is 9.49. The zero-order valence-corrected chi connectivity index (χ0v) is 13.3. The third-order valence-electron chi connectivity index (χ3n) is 2.52. The Kier molecular flexibility index (Phi) is 4.51. The standard InChI is InChI=1S/C13H12BrN3O2S/c1-7-11(20-8(2)15-7)13(19)17-16-12(18)9-5-3-4-6-10(9)14/h3-6H,1-2H3,(H,16,18)(H,17,19). The SMILES string of the molecule is Cc1nc(C)c(C(=O)NNC(=O)c2ccccc2Br)s1. The summed E-state index contributed by atoms with van der Waals surface area (Å²) in [5, 5.41) is 0.810. The van der Waals surface area contributed by atoms with E-state index in [0.717, 1.165) is 5.01 Å². The van der Waals surface area contributed by atoms with E-state index in [9.17, 15) is 9.59 Å². The lowest BCUT2D eigenvalue weighted by molar-refractivity contribution is 0.0848. The van der Waals surface area contributed by atoms with Gasteiger partial charge in [-0.1, -0.05) is 12.1 Å². The summed E-state index contributed by atoms with van der Waals surface area (Å²) in [6.45, 7) is 3.59. The Hall–Kier alpha value is -1.73. The molecule has 0 saturated carbocycles. The molecule has 0 radical (unpaired) electrons. The number of rotatable bonds is 2. The van der Waals surface area contributed by atoms with Gasteiger partial charge in [0.1, 0.15) is 4.88 Å². The highest BCUT2D eigenvalue weighted by atomic mass is 79.9. The van der Waals surface area contributed by atoms with E-state index in [1.807, 2.05) is 13.0 Å². The van der Waals surface area contributed by atoms with Crippen LogP contribution in [-0.2, 0) is 0 Å². The minimum absolute atomic E-state index is 0.367. The smallest absolute Gasteiger partial charge is 0.267 e. The maximum Gasteiger partial charge on any atom is 0.281 e. The quantitative estimate of drug-likeness (QED) is 0.815. The monoisotopic (exact) mass is 353 g/mol. The molecule has 2 aromatic rings. The van der Waals surface area contributed by atoms with Crippen molar-refractivity contribution in [3.05, 3.63) is 49.9 Å². The molecule has 1 heterocycles. The average molecular weight is 354 g/mol. The Morgan fingerprint density at radius 2 is 1.80 bits per heavy atom. The van der Waals surface area contributed by atoms with E-state index in [4.69, 9.17) is 0 Å². The van der Waals surface area contributed by atoms with Crippen LogP contribution in [0.4, 0.5) is 0 Å². The topological polar surface area (TPSA) is 71.1 Å². The molecule has 1 aromatic heterocycles. The molecule has 7 heteroatoms. The van der Waals surface area contributed by atoms with Gasteiger partial charge >= 0.3 is 0 Å². The lowest BCUT2D eigenvalue weighted by Crippen LogP contribution is -2.41. The van der Waals surface area contributed by atoms with Crippen molar-refractivity contribution in [2.45, 2.75) is 13.8 Å². The van der Waals surface area contributed by atoms with Crippen LogP contribution in [0.15, 0.2) is 28.7 Å². The first kappa shape index (κ1) is 14.7. The second-order valence-electron chi connectivity index (χ2n) is 4.04. The van der Waals surface area contributed by atoms with Crippen molar-refractivity contribution in [2.75, 3.05) is 0 Å². The normalized spacial score (nSPS) is 10.2. The number of amides is 2. The Balaban J connectivity index is 2.02. The van der Waals surface area contributed by atoms with Crippen LogP contribution in [0.2, 0.25) is 0 Å². The Labute approximate surface area is 128 Å². The molecule has 0 aliphatic heterocycles. The Morgan fingerprint density at radius 3 is 2.40 bits per heavy atom. The third-order valence-corrected chi connectivity index (χ3v) is 4.28. The van der Waals surface area contributed by atoms with E-state index < -0.39 is 0 Å². The summed E-state index contributed by atoms with van der Waals surface area (Å²) in [5.74, 6) is -0.752. The molecule has 0 fully saturated rings. The maximum atomic E-state index is 11.9. The summed E-state index contributed by atoms with van der Waals surface area (Å²) in [7, 11) is 0. The minimum atomic E-state index is -0.385. The number of aromatic nitrogens is 1. The van der Waals surface area contributed by atoms with Crippen LogP contribution in [0.25, 0.3) is 0 Å². The second-order valence-corrected chi connectivity index (χ2v) is 6.09. The fraction of sp³-hybridized carbons (Fsp3) is 0.154. The first-order valence-electron chi connectivity index (χ1n) is 5.78. The molecule has 2 amide bonds. The van der Waals surface area contributed by atoms with E-state index in [2.05, 4.69) is 31.8 Å². The Morgan fingerprint density at radius 1 is 1.15 bits per heavy atom. The molecule has 2 N–H and O–H groups in total. The molecule has 0 bridgehead atoms. The van der Waals surface area contributed by atoms with Crippen LogP contribution in [0.3, 0.4) is 0 Å². The van der Waals surface area contributed by atoms with Gasteiger partial charge in [0.05, 0.1) is 16.3 Å². The molecular weight excluding hydrogens is 342 g/mol. The predicted molar refractivity (Wildman–Crippen MR) is 80.7 cm³/mol. The van der Waals surface area contributed by atoms with Gasteiger partial charge in [-0.15, -0.1) is 11.3 Å². The summed E-state index contributed by atoms with van der Waals surface area (Å²) < 4.78 is 0.663. The summed E-state index contributed by atoms with van der Waals surface area (Å²) in [6, 6.07) is 6.97. The van der Waals surface area contributed by atoms with E-state index in [-0.39, 0.29) is 11.8 Å². The van der Waals surface area contributed by atoms with Crippen molar-refractivity contribution in [1.82, 2.24) is 15.8 Å². The molecule has 0 aliphatic rings. The van der Waals surface area contributed by atoms with Gasteiger partial charge in [0.2, 0.25) is 0 Å². The molecular formula is C13H12BrN3O2S. The first-order valence-corrected chi connectivity index (χ1v) is 7.39. The molecule has 0 spiro atoms. The van der Waals surface area contributed by atoms with Crippen molar-refractivity contribution < 1.29 is 9.59 Å². The molecule has 0 unspecified atom stereocenters. The van der Waals surface area contributed by atoms with Crippen LogP contribution >= 0.6 is 27.3 Å². The largest absolute Gasteiger partial charge is 0.281 e. The number of halogens is 1. The summed E-state index contributed by atoms with van der Waals surface area (Å²) in [5.41, 5.74) is 5.88. The van der Waals surface area contributed by atoms with Gasteiger partial charge in [-0.25, -0.2) is 4.98 Å².